The number of carbonyl (C=O) groups excluding carboxylic acids is 2. The van der Waals surface area contributed by atoms with Crippen LogP contribution in [0.25, 0.3) is 0 Å². The van der Waals surface area contributed by atoms with Crippen molar-refractivity contribution >= 4 is 17.7 Å². The van der Waals surface area contributed by atoms with E-state index in [-0.39, 0.29) is 23.8 Å². The van der Waals surface area contributed by atoms with Crippen LogP contribution >= 0.6 is 0 Å². The molecule has 34 heavy (non-hydrogen) atoms. The molecular weight excluding hydrogens is 434 g/mol. The number of unbranched alkanes of at least 4 members (excludes halogenated alkanes) is 5. The fourth-order valence-electron chi connectivity index (χ4n) is 4.77. The topological polar surface area (TPSA) is 116 Å². The molecule has 186 valence electrons. The fourth-order valence-corrected chi connectivity index (χ4v) is 4.77. The number of rotatable bonds is 11. The van der Waals surface area contributed by atoms with E-state index in [1.54, 1.807) is 32.0 Å². The normalized spacial score (nSPS) is 16.3. The molecule has 1 atom stereocenters. The van der Waals surface area contributed by atoms with E-state index in [0.29, 0.717) is 17.0 Å². The Hall–Kier alpha value is -3.16. The molecule has 8 nitrogen and oxygen atoms in total. The van der Waals surface area contributed by atoms with Gasteiger partial charge in [-0.05, 0) is 31.8 Å². The average molecular weight is 472 g/mol. The van der Waals surface area contributed by atoms with E-state index >= 15 is 0 Å². The maximum atomic E-state index is 13.4. The van der Waals surface area contributed by atoms with Crippen molar-refractivity contribution in [1.82, 2.24) is 4.90 Å². The van der Waals surface area contributed by atoms with Gasteiger partial charge in [0, 0.05) is 28.9 Å². The van der Waals surface area contributed by atoms with Crippen LogP contribution in [-0.4, -0.2) is 28.4 Å². The first-order valence-electron chi connectivity index (χ1n) is 12.0. The molecule has 0 saturated heterocycles. The zero-order valence-electron chi connectivity index (χ0n) is 20.9. The van der Waals surface area contributed by atoms with Crippen molar-refractivity contribution < 1.29 is 19.2 Å². The molecule has 0 fully saturated rings. The minimum atomic E-state index is -0.714. The van der Waals surface area contributed by atoms with Crippen LogP contribution in [0, 0.1) is 16.0 Å². The number of benzene rings is 1. The van der Waals surface area contributed by atoms with Gasteiger partial charge in [0.05, 0.1) is 17.1 Å². The number of hydrogen-bond acceptors (Lipinski definition) is 5. The third-order valence-corrected chi connectivity index (χ3v) is 6.32. The van der Waals surface area contributed by atoms with E-state index in [4.69, 9.17) is 10.5 Å². The van der Waals surface area contributed by atoms with Crippen LogP contribution < -0.4 is 5.73 Å². The molecule has 0 radical (unpaired) electrons. The van der Waals surface area contributed by atoms with E-state index in [9.17, 15) is 19.7 Å². The van der Waals surface area contributed by atoms with E-state index in [2.05, 4.69) is 6.92 Å². The molecule has 2 N–H and O–H groups in total. The zero-order valence-corrected chi connectivity index (χ0v) is 20.9. The smallest absolute Gasteiger partial charge is 0.336 e. The number of nitrogens with two attached hydrogens (primary N) is 1. The van der Waals surface area contributed by atoms with Crippen molar-refractivity contribution in [2.24, 2.45) is 11.7 Å². The molecule has 0 bridgehead atoms. The van der Waals surface area contributed by atoms with Gasteiger partial charge in [-0.3, -0.25) is 15.0 Å². The van der Waals surface area contributed by atoms with E-state index < -0.39 is 22.8 Å². The lowest BCUT2D eigenvalue weighted by Crippen LogP contribution is -2.40. The molecule has 2 rings (SSSR count). The number of ether oxygens (including phenoxy) is 1. The molecule has 0 aromatic heterocycles. The molecule has 0 saturated carbocycles. The predicted octanol–water partition coefficient (Wildman–Crippen LogP) is 6.18. The number of nitro groups is 1. The van der Waals surface area contributed by atoms with Gasteiger partial charge in [0.1, 0.15) is 0 Å². The van der Waals surface area contributed by atoms with Gasteiger partial charge in [0.15, 0.2) is 0 Å². The van der Waals surface area contributed by atoms with E-state index in [0.717, 1.165) is 37.7 Å². The summed E-state index contributed by atoms with van der Waals surface area (Å²) in [5.41, 5.74) is 7.84. The number of carbonyl (C=O) groups is 2. The second-order valence-corrected chi connectivity index (χ2v) is 9.02. The van der Waals surface area contributed by atoms with Gasteiger partial charge in [-0.15, -0.1) is 0 Å². The number of amides is 2. The van der Waals surface area contributed by atoms with Crippen LogP contribution in [0.15, 0.2) is 46.8 Å². The minimum absolute atomic E-state index is 0.0833. The predicted molar refractivity (Wildman–Crippen MR) is 132 cm³/mol. The highest BCUT2D eigenvalue weighted by Gasteiger charge is 2.41. The van der Waals surface area contributed by atoms with Crippen LogP contribution in [0.4, 0.5) is 10.5 Å². The van der Waals surface area contributed by atoms with Crippen LogP contribution in [0.1, 0.15) is 84.6 Å². The summed E-state index contributed by atoms with van der Waals surface area (Å²) in [7, 11) is 0. The fraction of sp³-hybridized carbons (Fsp3) is 0.538. The molecule has 1 aliphatic heterocycles. The van der Waals surface area contributed by atoms with Gasteiger partial charge < -0.3 is 10.5 Å². The van der Waals surface area contributed by atoms with E-state index in [1.165, 1.54) is 17.4 Å². The van der Waals surface area contributed by atoms with Crippen molar-refractivity contribution in [2.75, 3.05) is 6.61 Å². The highest BCUT2D eigenvalue weighted by molar-refractivity contribution is 5.94. The van der Waals surface area contributed by atoms with Gasteiger partial charge in [0.2, 0.25) is 0 Å². The van der Waals surface area contributed by atoms with Gasteiger partial charge in [0.25, 0.3) is 5.69 Å². The van der Waals surface area contributed by atoms with Crippen molar-refractivity contribution in [2.45, 2.75) is 79.1 Å². The zero-order chi connectivity index (χ0) is 25.4. The lowest BCUT2D eigenvalue weighted by Gasteiger charge is -2.38. The summed E-state index contributed by atoms with van der Waals surface area (Å²) in [6.45, 7) is 9.66. The summed E-state index contributed by atoms with van der Waals surface area (Å²) in [6, 6.07) is 5.68. The lowest BCUT2D eigenvalue weighted by atomic mass is 9.75. The Balaban J connectivity index is 2.49. The van der Waals surface area contributed by atoms with Gasteiger partial charge >= 0.3 is 12.0 Å². The number of nitrogens with zero attached hydrogens (tertiary/aromatic N) is 2. The number of esters is 1. The number of nitro benzene ring substituents is 1. The quantitative estimate of drug-likeness (QED) is 0.179. The van der Waals surface area contributed by atoms with Crippen molar-refractivity contribution in [3.63, 3.8) is 0 Å². The molecular formula is C26H37N3O5. The van der Waals surface area contributed by atoms with Crippen LogP contribution in [0.3, 0.4) is 0 Å². The molecule has 1 aromatic rings. The van der Waals surface area contributed by atoms with Crippen LogP contribution in [-0.2, 0) is 9.53 Å². The Labute approximate surface area is 202 Å². The maximum Gasteiger partial charge on any atom is 0.336 e. The Morgan fingerprint density at radius 3 is 2.29 bits per heavy atom. The van der Waals surface area contributed by atoms with Gasteiger partial charge in [-0.2, -0.15) is 0 Å². The van der Waals surface area contributed by atoms with Crippen LogP contribution in [0.2, 0.25) is 0 Å². The SMILES string of the molecule is CCCCCCCCOC(=O)C1=C(C)N(C(N)=O)C(C)=C(C(C)C)C1c1ccccc1[N+](=O)[O-]. The first-order chi connectivity index (χ1) is 16.1. The van der Waals surface area contributed by atoms with Gasteiger partial charge in [-0.1, -0.05) is 71.1 Å². The molecule has 0 spiro atoms. The molecule has 1 aromatic carbocycles. The summed E-state index contributed by atoms with van der Waals surface area (Å²) in [4.78, 5) is 38.4. The Kier molecular flexibility index (Phi) is 9.83. The monoisotopic (exact) mass is 471 g/mol. The van der Waals surface area contributed by atoms with Crippen molar-refractivity contribution in [1.29, 1.82) is 0 Å². The standard InChI is InChI=1S/C26H37N3O5/c1-6-7-8-9-10-13-16-34-25(30)23-19(5)28(26(27)31)18(4)22(17(2)3)24(23)20-14-11-12-15-21(20)29(32)33/h11-12,14-15,17,24H,6-10,13,16H2,1-5H3,(H2,27,31). The molecule has 1 heterocycles. The lowest BCUT2D eigenvalue weighted by molar-refractivity contribution is -0.385. The molecule has 1 unspecified atom stereocenters. The molecule has 1 aliphatic rings. The second kappa shape index (κ2) is 12.3. The Morgan fingerprint density at radius 2 is 1.71 bits per heavy atom. The third kappa shape index (κ3) is 6.04. The van der Waals surface area contributed by atoms with Gasteiger partial charge in [-0.25, -0.2) is 9.59 Å². The first-order valence-corrected chi connectivity index (χ1v) is 12.0. The number of urea groups is 1. The Morgan fingerprint density at radius 1 is 1.09 bits per heavy atom. The Bertz CT molecular complexity index is 980. The molecule has 8 heteroatoms. The molecule has 2 amide bonds. The summed E-state index contributed by atoms with van der Waals surface area (Å²) in [6.07, 6.45) is 6.30. The number of hydrogen-bond donors (Lipinski definition) is 1. The summed E-state index contributed by atoms with van der Waals surface area (Å²) >= 11 is 0. The van der Waals surface area contributed by atoms with E-state index in [1.807, 2.05) is 13.8 Å². The largest absolute Gasteiger partial charge is 0.462 e. The number of para-hydroxylation sites is 1. The highest BCUT2D eigenvalue weighted by atomic mass is 16.6. The first kappa shape index (κ1) is 27.1. The number of allylic oxidation sites excluding steroid dienone is 3. The number of primary amides is 1. The van der Waals surface area contributed by atoms with Crippen molar-refractivity contribution in [3.05, 3.63) is 62.5 Å². The summed E-state index contributed by atoms with van der Waals surface area (Å²) < 4.78 is 5.63. The highest BCUT2D eigenvalue weighted by Crippen LogP contribution is 2.47. The third-order valence-electron chi connectivity index (χ3n) is 6.32. The summed E-state index contributed by atoms with van der Waals surface area (Å²) in [5, 5.41) is 11.8. The maximum absolute atomic E-state index is 13.4. The van der Waals surface area contributed by atoms with Crippen LogP contribution in [0.5, 0.6) is 0 Å². The second-order valence-electron chi connectivity index (χ2n) is 9.02. The summed E-state index contributed by atoms with van der Waals surface area (Å²) in [5.74, 6) is -1.40. The molecule has 0 aliphatic carbocycles. The minimum Gasteiger partial charge on any atom is -0.462 e. The average Bonchev–Trinajstić information content (AvgIpc) is 2.77. The van der Waals surface area contributed by atoms with Crippen molar-refractivity contribution in [3.8, 4) is 0 Å².